The van der Waals surface area contributed by atoms with Crippen LogP contribution in [0, 0.1) is 0 Å². The molecule has 2 fully saturated rings. The summed E-state index contributed by atoms with van der Waals surface area (Å²) in [6.45, 7) is 7.00. The van der Waals surface area contributed by atoms with Gasteiger partial charge < -0.3 is 59.6 Å². The zero-order valence-electron chi connectivity index (χ0n) is 27.0. The molecule has 0 spiro atoms. The molecule has 2 aromatic rings. The number of urea groups is 1. The lowest BCUT2D eigenvalue weighted by Crippen LogP contribution is -2.50. The van der Waals surface area contributed by atoms with Crippen molar-refractivity contribution in [2.24, 2.45) is 0 Å². The van der Waals surface area contributed by atoms with Crippen molar-refractivity contribution in [3.05, 3.63) is 60.7 Å². The number of hydrogen-bond donors (Lipinski definition) is 5. The lowest BCUT2D eigenvalue weighted by molar-refractivity contribution is -0.134. The predicted molar refractivity (Wildman–Crippen MR) is 177 cm³/mol. The third-order valence-corrected chi connectivity index (χ3v) is 7.30. The van der Waals surface area contributed by atoms with E-state index in [1.165, 1.54) is 0 Å². The van der Waals surface area contributed by atoms with Crippen molar-refractivity contribution in [1.29, 1.82) is 0 Å². The molecule has 0 aliphatic carbocycles. The molecule has 17 heteroatoms. The van der Waals surface area contributed by atoms with E-state index in [9.17, 15) is 24.0 Å². The Labute approximate surface area is 281 Å². The fraction of sp³-hybridized carbons (Fsp3) is 0.344. The SMILES string of the molecule is COc1ccc(NC(=O)N2CCN(c3ccc4c(c3)OCO4)CC2)cc1N1CCN(C)CC1.O=C(O)/C=C/C(=O)O.O=C(O)/C=C/C(=O)O. The Morgan fingerprint density at radius 3 is 1.76 bits per heavy atom. The van der Waals surface area contributed by atoms with Crippen LogP contribution >= 0.6 is 0 Å². The van der Waals surface area contributed by atoms with Crippen molar-refractivity contribution in [1.82, 2.24) is 9.80 Å². The number of nitrogens with one attached hydrogen (secondary N) is 1. The highest BCUT2D eigenvalue weighted by atomic mass is 16.7. The normalized spacial score (nSPS) is 15.5. The first-order valence-electron chi connectivity index (χ1n) is 15.0. The van der Waals surface area contributed by atoms with E-state index >= 15 is 0 Å². The van der Waals surface area contributed by atoms with E-state index in [0.29, 0.717) is 37.4 Å². The zero-order valence-corrected chi connectivity index (χ0v) is 27.0. The first kappa shape index (κ1) is 37.5. The van der Waals surface area contributed by atoms with Crippen LogP contribution in [0.2, 0.25) is 0 Å². The minimum absolute atomic E-state index is 0.0742. The van der Waals surface area contributed by atoms with Crippen molar-refractivity contribution in [3.8, 4) is 17.2 Å². The summed E-state index contributed by atoms with van der Waals surface area (Å²) in [5.41, 5.74) is 2.90. The van der Waals surface area contributed by atoms with Gasteiger partial charge in [0.05, 0.1) is 12.8 Å². The Morgan fingerprint density at radius 2 is 1.22 bits per heavy atom. The number of likely N-dealkylation sites (N-methyl/N-ethyl adjacent to an activating group) is 1. The maximum Gasteiger partial charge on any atom is 0.328 e. The van der Waals surface area contributed by atoms with Crippen LogP contribution in [0.15, 0.2) is 60.7 Å². The van der Waals surface area contributed by atoms with E-state index in [4.69, 9.17) is 34.6 Å². The number of carbonyl (C=O) groups excluding carboxylic acids is 1. The molecule has 17 nitrogen and oxygen atoms in total. The van der Waals surface area contributed by atoms with Gasteiger partial charge in [-0.25, -0.2) is 24.0 Å². The summed E-state index contributed by atoms with van der Waals surface area (Å²) < 4.78 is 16.5. The van der Waals surface area contributed by atoms with Gasteiger partial charge in [-0.05, 0) is 37.4 Å². The smallest absolute Gasteiger partial charge is 0.328 e. The molecule has 2 amide bonds. The van der Waals surface area contributed by atoms with Crippen LogP contribution in [0.25, 0.3) is 0 Å². The molecule has 0 unspecified atom stereocenters. The number of carbonyl (C=O) groups is 5. The number of methoxy groups -OCH3 is 1. The van der Waals surface area contributed by atoms with Gasteiger partial charge in [-0.2, -0.15) is 0 Å². The molecule has 0 aromatic heterocycles. The van der Waals surface area contributed by atoms with Crippen LogP contribution in [-0.4, -0.2) is 133 Å². The Hall–Kier alpha value is -5.97. The summed E-state index contributed by atoms with van der Waals surface area (Å²) in [4.78, 5) is 59.9. The zero-order chi connectivity index (χ0) is 35.9. The molecule has 3 aliphatic heterocycles. The average Bonchev–Trinajstić information content (AvgIpc) is 3.56. The van der Waals surface area contributed by atoms with Crippen LogP contribution in [-0.2, 0) is 19.2 Å². The number of carboxylic acids is 4. The number of hydrogen-bond acceptors (Lipinski definition) is 11. The highest BCUT2D eigenvalue weighted by Crippen LogP contribution is 2.36. The molecular formula is C32H39N5O12. The largest absolute Gasteiger partial charge is 0.495 e. The Kier molecular flexibility index (Phi) is 14.1. The second kappa shape index (κ2) is 18.4. The number of nitrogens with zero attached hydrogens (tertiary/aromatic N) is 4. The number of benzene rings is 2. The molecule has 264 valence electrons. The molecule has 2 aromatic carbocycles. The molecule has 5 rings (SSSR count). The maximum atomic E-state index is 13.0. The molecule has 49 heavy (non-hydrogen) atoms. The summed E-state index contributed by atoms with van der Waals surface area (Å²) in [6, 6.07) is 11.8. The standard InChI is InChI=1S/C24H31N5O4.2C4H4O4/c1-26-7-9-28(10-8-26)20-15-18(3-5-21(20)31-2)25-24(30)29-13-11-27(12-14-29)19-4-6-22-23(16-19)33-17-32-22;2*5-3(6)1-2-4(7)8/h3-6,15-16H,7-14,17H2,1-2H3,(H,25,30);2*1-2H,(H,5,6)(H,7,8)/b;2*2-1+. The minimum atomic E-state index is -1.26. The lowest BCUT2D eigenvalue weighted by Gasteiger charge is -2.36. The average molecular weight is 686 g/mol. The van der Waals surface area contributed by atoms with E-state index in [-0.39, 0.29) is 12.8 Å². The first-order valence-corrected chi connectivity index (χ1v) is 15.0. The van der Waals surface area contributed by atoms with Gasteiger partial charge in [0.25, 0.3) is 0 Å². The lowest BCUT2D eigenvalue weighted by atomic mass is 10.2. The molecule has 3 aliphatic rings. The number of anilines is 3. The van der Waals surface area contributed by atoms with Gasteiger partial charge in [0, 0.05) is 94.1 Å². The second-order valence-electron chi connectivity index (χ2n) is 10.6. The van der Waals surface area contributed by atoms with E-state index in [2.05, 4.69) is 27.1 Å². The molecule has 0 atom stereocenters. The number of rotatable bonds is 8. The van der Waals surface area contributed by atoms with Crippen LogP contribution < -0.4 is 29.3 Å². The minimum Gasteiger partial charge on any atom is -0.495 e. The van der Waals surface area contributed by atoms with Gasteiger partial charge >= 0.3 is 29.9 Å². The van der Waals surface area contributed by atoms with E-state index < -0.39 is 23.9 Å². The molecular weight excluding hydrogens is 646 g/mol. The third-order valence-electron chi connectivity index (χ3n) is 7.30. The van der Waals surface area contributed by atoms with E-state index in [1.807, 2.05) is 41.3 Å². The van der Waals surface area contributed by atoms with Gasteiger partial charge in [-0.3, -0.25) is 0 Å². The summed E-state index contributed by atoms with van der Waals surface area (Å²) in [6.07, 6.45) is 2.23. The van der Waals surface area contributed by atoms with Crippen molar-refractivity contribution in [2.75, 3.05) is 88.4 Å². The van der Waals surface area contributed by atoms with Gasteiger partial charge in [0.15, 0.2) is 11.5 Å². The molecule has 5 N–H and O–H groups in total. The number of aliphatic carboxylic acids is 4. The summed E-state index contributed by atoms with van der Waals surface area (Å²) in [7, 11) is 3.82. The number of piperazine rings is 2. The van der Waals surface area contributed by atoms with Gasteiger partial charge in [0.1, 0.15) is 5.75 Å². The molecule has 0 bridgehead atoms. The van der Waals surface area contributed by atoms with Crippen LogP contribution in [0.4, 0.5) is 21.9 Å². The highest BCUT2D eigenvalue weighted by Gasteiger charge is 2.24. The van der Waals surface area contributed by atoms with Crippen LogP contribution in [0.1, 0.15) is 0 Å². The molecule has 2 saturated heterocycles. The Balaban J connectivity index is 0.000000338. The summed E-state index contributed by atoms with van der Waals surface area (Å²) in [5, 5.41) is 34.3. The van der Waals surface area contributed by atoms with Crippen molar-refractivity contribution in [2.45, 2.75) is 0 Å². The van der Waals surface area contributed by atoms with Crippen molar-refractivity contribution in [3.63, 3.8) is 0 Å². The third kappa shape index (κ3) is 12.3. The van der Waals surface area contributed by atoms with E-state index in [1.54, 1.807) is 7.11 Å². The number of amides is 2. The van der Waals surface area contributed by atoms with Crippen LogP contribution in [0.3, 0.4) is 0 Å². The van der Waals surface area contributed by atoms with Crippen LogP contribution in [0.5, 0.6) is 17.2 Å². The fourth-order valence-corrected chi connectivity index (χ4v) is 4.80. The maximum absolute atomic E-state index is 13.0. The fourth-order valence-electron chi connectivity index (χ4n) is 4.80. The number of carboxylic acid groups (broad SMARTS) is 4. The first-order chi connectivity index (χ1) is 23.4. The van der Waals surface area contributed by atoms with Gasteiger partial charge in [-0.15, -0.1) is 0 Å². The summed E-state index contributed by atoms with van der Waals surface area (Å²) >= 11 is 0. The molecule has 0 radical (unpaired) electrons. The highest BCUT2D eigenvalue weighted by molar-refractivity contribution is 5.91. The Morgan fingerprint density at radius 1 is 0.694 bits per heavy atom. The predicted octanol–water partition coefficient (Wildman–Crippen LogP) is 1.95. The number of fused-ring (bicyclic) bond motifs is 1. The topological polar surface area (TPSA) is 219 Å². The van der Waals surface area contributed by atoms with Crippen molar-refractivity contribution >= 4 is 47.0 Å². The number of ether oxygens (including phenoxy) is 3. The monoisotopic (exact) mass is 685 g/mol. The molecule has 0 saturated carbocycles. The van der Waals surface area contributed by atoms with E-state index in [0.717, 1.165) is 73.6 Å². The summed E-state index contributed by atoms with van der Waals surface area (Å²) in [5.74, 6) is -2.63. The van der Waals surface area contributed by atoms with Gasteiger partial charge in [0.2, 0.25) is 6.79 Å². The Bertz CT molecular complexity index is 1480. The quantitative estimate of drug-likeness (QED) is 0.251. The molecule has 3 heterocycles. The van der Waals surface area contributed by atoms with Crippen molar-refractivity contribution < 1.29 is 58.6 Å². The second-order valence-corrected chi connectivity index (χ2v) is 10.6. The van der Waals surface area contributed by atoms with Gasteiger partial charge in [-0.1, -0.05) is 0 Å².